The van der Waals surface area contributed by atoms with Gasteiger partial charge in [-0.2, -0.15) is 0 Å². The van der Waals surface area contributed by atoms with Crippen molar-refractivity contribution < 1.29 is 14.3 Å². The molecular weight excluding hydrogens is 344 g/mol. The molecule has 1 fully saturated rings. The van der Waals surface area contributed by atoms with Gasteiger partial charge in [0.15, 0.2) is 0 Å². The quantitative estimate of drug-likeness (QED) is 0.824. The largest absolute Gasteiger partial charge is 0.444 e. The third-order valence-electron chi connectivity index (χ3n) is 4.52. The van der Waals surface area contributed by atoms with Crippen LogP contribution < -0.4 is 5.32 Å². The van der Waals surface area contributed by atoms with E-state index < -0.39 is 5.60 Å². The number of rotatable bonds is 6. The van der Waals surface area contributed by atoms with Gasteiger partial charge < -0.3 is 15.0 Å². The molecule has 0 unspecified atom stereocenters. The second kappa shape index (κ2) is 9.69. The maximum Gasteiger partial charge on any atom is 0.410 e. The number of piperidine rings is 1. The van der Waals surface area contributed by atoms with Gasteiger partial charge in [-0.3, -0.25) is 14.7 Å². The Labute approximate surface area is 162 Å². The highest BCUT2D eigenvalue weighted by atomic mass is 16.6. The van der Waals surface area contributed by atoms with Crippen LogP contribution in [0.1, 0.15) is 39.2 Å². The summed E-state index contributed by atoms with van der Waals surface area (Å²) in [5, 5.41) is 2.94. The molecule has 7 heteroatoms. The Morgan fingerprint density at radius 1 is 1.33 bits per heavy atom. The Kier molecular flexibility index (Phi) is 7.59. The van der Waals surface area contributed by atoms with Crippen LogP contribution in [-0.4, -0.2) is 65.6 Å². The van der Waals surface area contributed by atoms with Crippen LogP contribution >= 0.6 is 0 Å². The van der Waals surface area contributed by atoms with E-state index in [9.17, 15) is 9.59 Å². The number of carbonyl (C=O) groups excluding carboxylic acids is 2. The molecular formula is C20H32N4O3. The molecule has 1 aliphatic rings. The van der Waals surface area contributed by atoms with Gasteiger partial charge >= 0.3 is 6.09 Å². The van der Waals surface area contributed by atoms with E-state index in [0.717, 1.165) is 31.5 Å². The van der Waals surface area contributed by atoms with E-state index in [1.807, 2.05) is 32.9 Å². The summed E-state index contributed by atoms with van der Waals surface area (Å²) in [7, 11) is 1.78. The molecule has 1 aromatic rings. The summed E-state index contributed by atoms with van der Waals surface area (Å²) < 4.78 is 5.40. The van der Waals surface area contributed by atoms with Crippen LogP contribution in [-0.2, 0) is 16.1 Å². The monoisotopic (exact) mass is 376 g/mol. The Balaban J connectivity index is 1.66. The fourth-order valence-electron chi connectivity index (χ4n) is 3.09. The average molecular weight is 377 g/mol. The summed E-state index contributed by atoms with van der Waals surface area (Å²) in [6.45, 7) is 8.96. The van der Waals surface area contributed by atoms with Gasteiger partial charge in [0.2, 0.25) is 5.91 Å². The van der Waals surface area contributed by atoms with Crippen molar-refractivity contribution in [1.82, 2.24) is 20.1 Å². The number of nitrogens with one attached hydrogen (secondary N) is 1. The van der Waals surface area contributed by atoms with E-state index in [1.54, 1.807) is 24.3 Å². The molecule has 1 aromatic heterocycles. The number of carbonyl (C=O) groups is 2. The molecule has 1 N–H and O–H groups in total. The Morgan fingerprint density at radius 2 is 2.04 bits per heavy atom. The van der Waals surface area contributed by atoms with Crippen LogP contribution in [0.15, 0.2) is 24.5 Å². The van der Waals surface area contributed by atoms with Gasteiger partial charge in [-0.25, -0.2) is 4.79 Å². The van der Waals surface area contributed by atoms with Crippen molar-refractivity contribution in [3.05, 3.63) is 30.1 Å². The topological polar surface area (TPSA) is 74.8 Å². The Morgan fingerprint density at radius 3 is 2.63 bits per heavy atom. The zero-order valence-electron chi connectivity index (χ0n) is 16.9. The molecule has 27 heavy (non-hydrogen) atoms. The van der Waals surface area contributed by atoms with Crippen LogP contribution in [0.2, 0.25) is 0 Å². The van der Waals surface area contributed by atoms with Crippen molar-refractivity contribution in [2.75, 3.05) is 33.2 Å². The maximum absolute atomic E-state index is 12.1. The summed E-state index contributed by atoms with van der Waals surface area (Å²) in [5.74, 6) is 0.473. The number of likely N-dealkylation sites (tertiary alicyclic amines) is 1. The molecule has 2 rings (SSSR count). The number of nitrogens with zero attached hydrogens (tertiary/aromatic N) is 3. The highest BCUT2D eigenvalue weighted by Gasteiger charge is 2.25. The van der Waals surface area contributed by atoms with E-state index >= 15 is 0 Å². The first-order valence-electron chi connectivity index (χ1n) is 9.55. The number of hydrogen-bond acceptors (Lipinski definition) is 5. The number of pyridine rings is 1. The smallest absolute Gasteiger partial charge is 0.410 e. The van der Waals surface area contributed by atoms with Gasteiger partial charge in [-0.15, -0.1) is 0 Å². The molecule has 0 saturated carbocycles. The molecule has 1 saturated heterocycles. The summed E-state index contributed by atoms with van der Waals surface area (Å²) in [5.41, 5.74) is 0.521. The van der Waals surface area contributed by atoms with Crippen LogP contribution in [0.3, 0.4) is 0 Å². The normalized spacial score (nSPS) is 16.0. The molecule has 150 valence electrons. The zero-order chi connectivity index (χ0) is 19.9. The molecule has 0 radical (unpaired) electrons. The first kappa shape index (κ1) is 21.2. The summed E-state index contributed by atoms with van der Waals surface area (Å²) in [4.78, 5) is 32.1. The van der Waals surface area contributed by atoms with Gasteiger partial charge in [-0.05, 0) is 64.3 Å². The van der Waals surface area contributed by atoms with Crippen molar-refractivity contribution in [1.29, 1.82) is 0 Å². The first-order valence-corrected chi connectivity index (χ1v) is 9.55. The molecule has 0 aromatic carbocycles. The standard InChI is InChI=1S/C20H32N4O3/c1-20(2,3)27-19(26)23(4)14-16-7-10-24(11-8-16)15-18(25)22-13-17-6-5-9-21-12-17/h5-6,9,12,16H,7-8,10-11,13-15H2,1-4H3,(H,22,25). The van der Waals surface area contributed by atoms with Crippen molar-refractivity contribution in [3.8, 4) is 0 Å². The average Bonchev–Trinajstić information content (AvgIpc) is 2.61. The lowest BCUT2D eigenvalue weighted by molar-refractivity contribution is -0.122. The summed E-state index contributed by atoms with van der Waals surface area (Å²) in [6, 6.07) is 3.81. The van der Waals surface area contributed by atoms with Gasteiger partial charge in [-0.1, -0.05) is 6.07 Å². The fourth-order valence-corrected chi connectivity index (χ4v) is 3.09. The minimum atomic E-state index is -0.474. The highest BCUT2D eigenvalue weighted by molar-refractivity contribution is 5.78. The predicted molar refractivity (Wildman–Crippen MR) is 104 cm³/mol. The minimum Gasteiger partial charge on any atom is -0.444 e. The Hall–Kier alpha value is -2.15. The van der Waals surface area contributed by atoms with E-state index in [-0.39, 0.29) is 12.0 Å². The van der Waals surface area contributed by atoms with Crippen LogP contribution in [0, 0.1) is 5.92 Å². The highest BCUT2D eigenvalue weighted by Crippen LogP contribution is 2.19. The third kappa shape index (κ3) is 7.95. The molecule has 1 aliphatic heterocycles. The maximum atomic E-state index is 12.1. The first-order chi connectivity index (χ1) is 12.7. The summed E-state index contributed by atoms with van der Waals surface area (Å²) >= 11 is 0. The second-order valence-corrected chi connectivity index (χ2v) is 8.22. The van der Waals surface area contributed by atoms with Gasteiger partial charge in [0.1, 0.15) is 5.60 Å². The van der Waals surface area contributed by atoms with Gasteiger partial charge in [0.25, 0.3) is 0 Å². The Bertz CT molecular complexity index is 607. The fraction of sp³-hybridized carbons (Fsp3) is 0.650. The van der Waals surface area contributed by atoms with Crippen molar-refractivity contribution in [2.24, 2.45) is 5.92 Å². The molecule has 0 aliphatic carbocycles. The number of hydrogen-bond donors (Lipinski definition) is 1. The van der Waals surface area contributed by atoms with Crippen molar-refractivity contribution >= 4 is 12.0 Å². The molecule has 2 heterocycles. The van der Waals surface area contributed by atoms with Crippen LogP contribution in [0.4, 0.5) is 4.79 Å². The lowest BCUT2D eigenvalue weighted by Gasteiger charge is -2.34. The SMILES string of the molecule is CN(CC1CCN(CC(=O)NCc2cccnc2)CC1)C(=O)OC(C)(C)C. The number of amides is 2. The van der Waals surface area contributed by atoms with Gasteiger partial charge in [0, 0.05) is 32.5 Å². The molecule has 0 atom stereocenters. The third-order valence-corrected chi connectivity index (χ3v) is 4.52. The van der Waals surface area contributed by atoms with Crippen molar-refractivity contribution in [3.63, 3.8) is 0 Å². The zero-order valence-corrected chi connectivity index (χ0v) is 16.9. The van der Waals surface area contributed by atoms with Crippen molar-refractivity contribution in [2.45, 2.75) is 45.8 Å². The molecule has 0 spiro atoms. The lowest BCUT2D eigenvalue weighted by atomic mass is 9.96. The number of aromatic nitrogens is 1. The number of ether oxygens (including phenoxy) is 1. The van der Waals surface area contributed by atoms with Gasteiger partial charge in [0.05, 0.1) is 6.54 Å². The van der Waals surface area contributed by atoms with E-state index in [2.05, 4.69) is 15.2 Å². The lowest BCUT2D eigenvalue weighted by Crippen LogP contribution is -2.44. The molecule has 7 nitrogen and oxygen atoms in total. The van der Waals surface area contributed by atoms with E-state index in [4.69, 9.17) is 4.74 Å². The van der Waals surface area contributed by atoms with Crippen LogP contribution in [0.25, 0.3) is 0 Å². The second-order valence-electron chi connectivity index (χ2n) is 8.22. The molecule has 2 amide bonds. The summed E-state index contributed by atoms with van der Waals surface area (Å²) in [6.07, 6.45) is 5.15. The minimum absolute atomic E-state index is 0.0307. The van der Waals surface area contributed by atoms with E-state index in [1.165, 1.54) is 0 Å². The predicted octanol–water partition coefficient (Wildman–Crippen LogP) is 2.28. The molecule has 0 bridgehead atoms. The van der Waals surface area contributed by atoms with E-state index in [0.29, 0.717) is 25.6 Å². The van der Waals surface area contributed by atoms with Crippen LogP contribution in [0.5, 0.6) is 0 Å².